The first-order valence-electron chi connectivity index (χ1n) is 8.03. The van der Waals surface area contributed by atoms with Crippen molar-refractivity contribution in [2.45, 2.75) is 23.5 Å². The summed E-state index contributed by atoms with van der Waals surface area (Å²) in [7, 11) is -1.46. The van der Waals surface area contributed by atoms with Crippen LogP contribution in [0.5, 0.6) is 11.5 Å². The molecule has 0 amide bonds. The number of rotatable bonds is 6. The van der Waals surface area contributed by atoms with E-state index in [0.29, 0.717) is 4.47 Å². The van der Waals surface area contributed by atoms with E-state index < -0.39 is 26.5 Å². The van der Waals surface area contributed by atoms with E-state index in [2.05, 4.69) is 20.7 Å². The molecule has 2 aromatic carbocycles. The lowest BCUT2D eigenvalue weighted by Crippen LogP contribution is -2.43. The summed E-state index contributed by atoms with van der Waals surface area (Å²) in [6.45, 7) is 2.53. The normalized spacial score (nSPS) is 11.6. The number of ether oxygens (including phenoxy) is 3. The molecule has 0 aliphatic carbocycles. The SMILES string of the molecule is COC(=O)c1ccc(OC(=O)C(C)(C)S(=O)(=O)c2ccc(Br)cc2)c(OC)c1. The van der Waals surface area contributed by atoms with Crippen LogP contribution < -0.4 is 9.47 Å². The Morgan fingerprint density at radius 2 is 1.57 bits per heavy atom. The van der Waals surface area contributed by atoms with Gasteiger partial charge in [0.2, 0.25) is 0 Å². The van der Waals surface area contributed by atoms with Crippen molar-refractivity contribution in [2.75, 3.05) is 14.2 Å². The van der Waals surface area contributed by atoms with Crippen LogP contribution >= 0.6 is 15.9 Å². The quantitative estimate of drug-likeness (QED) is 0.471. The maximum atomic E-state index is 12.9. The molecular formula is C19H19BrO7S. The van der Waals surface area contributed by atoms with Crippen LogP contribution in [0.15, 0.2) is 51.8 Å². The maximum absolute atomic E-state index is 12.9. The van der Waals surface area contributed by atoms with Crippen molar-refractivity contribution in [3.63, 3.8) is 0 Å². The number of halogens is 1. The zero-order valence-corrected chi connectivity index (χ0v) is 18.1. The second-order valence-electron chi connectivity index (χ2n) is 6.21. The minimum atomic E-state index is -4.03. The highest BCUT2D eigenvalue weighted by Crippen LogP contribution is 2.32. The van der Waals surface area contributed by atoms with E-state index in [0.717, 1.165) is 0 Å². The molecule has 0 radical (unpaired) electrons. The summed E-state index contributed by atoms with van der Waals surface area (Å²) in [6.07, 6.45) is 0. The number of carbonyl (C=O) groups excluding carboxylic acids is 2. The van der Waals surface area contributed by atoms with Gasteiger partial charge in [-0.2, -0.15) is 0 Å². The molecule has 7 nitrogen and oxygen atoms in total. The zero-order valence-electron chi connectivity index (χ0n) is 15.7. The van der Waals surface area contributed by atoms with Crippen molar-refractivity contribution in [3.8, 4) is 11.5 Å². The van der Waals surface area contributed by atoms with E-state index in [1.165, 1.54) is 58.4 Å². The van der Waals surface area contributed by atoms with Crippen molar-refractivity contribution < 1.29 is 32.2 Å². The van der Waals surface area contributed by atoms with Gasteiger partial charge in [-0.1, -0.05) is 15.9 Å². The smallest absolute Gasteiger partial charge is 0.337 e. The van der Waals surface area contributed by atoms with Gasteiger partial charge in [0.1, 0.15) is 0 Å². The van der Waals surface area contributed by atoms with Crippen LogP contribution in [0.1, 0.15) is 24.2 Å². The van der Waals surface area contributed by atoms with Crippen molar-refractivity contribution in [2.24, 2.45) is 0 Å². The Morgan fingerprint density at radius 3 is 2.11 bits per heavy atom. The molecule has 0 saturated heterocycles. The molecule has 0 N–H and O–H groups in total. The number of benzene rings is 2. The van der Waals surface area contributed by atoms with Gasteiger partial charge in [0, 0.05) is 4.47 Å². The first-order valence-corrected chi connectivity index (χ1v) is 10.3. The highest BCUT2D eigenvalue weighted by Gasteiger charge is 2.45. The Hall–Kier alpha value is -2.39. The summed E-state index contributed by atoms with van der Waals surface area (Å²) in [6, 6.07) is 10.0. The van der Waals surface area contributed by atoms with Gasteiger partial charge in [-0.3, -0.25) is 0 Å². The summed E-state index contributed by atoms with van der Waals surface area (Å²) >= 11 is 3.24. The molecule has 28 heavy (non-hydrogen) atoms. The number of hydrogen-bond donors (Lipinski definition) is 0. The second kappa shape index (κ2) is 8.32. The first kappa shape index (κ1) is 21.9. The third-order valence-corrected chi connectivity index (χ3v) is 7.01. The van der Waals surface area contributed by atoms with Crippen LogP contribution in [0.3, 0.4) is 0 Å². The third-order valence-electron chi connectivity index (χ3n) is 4.07. The number of hydrogen-bond acceptors (Lipinski definition) is 7. The molecule has 0 aliphatic rings. The molecule has 0 atom stereocenters. The van der Waals surface area contributed by atoms with Crippen molar-refractivity contribution in [1.82, 2.24) is 0 Å². The Kier molecular flexibility index (Phi) is 6.51. The molecule has 0 heterocycles. The predicted octanol–water partition coefficient (Wildman–Crippen LogP) is 3.40. The minimum absolute atomic E-state index is 0.00865. The van der Waals surface area contributed by atoms with Crippen molar-refractivity contribution in [3.05, 3.63) is 52.5 Å². The van der Waals surface area contributed by atoms with Crippen molar-refractivity contribution in [1.29, 1.82) is 0 Å². The van der Waals surface area contributed by atoms with E-state index in [-0.39, 0.29) is 22.0 Å². The zero-order chi connectivity index (χ0) is 21.1. The fourth-order valence-electron chi connectivity index (χ4n) is 2.24. The average molecular weight is 471 g/mol. The Labute approximate surface area is 171 Å². The highest BCUT2D eigenvalue weighted by atomic mass is 79.9. The number of sulfone groups is 1. The van der Waals surface area contributed by atoms with E-state index >= 15 is 0 Å². The van der Waals surface area contributed by atoms with Gasteiger partial charge in [-0.05, 0) is 56.3 Å². The molecule has 2 rings (SSSR count). The lowest BCUT2D eigenvalue weighted by Gasteiger charge is -2.23. The van der Waals surface area contributed by atoms with Crippen LogP contribution in [0, 0.1) is 0 Å². The molecule has 0 bridgehead atoms. The fourth-order valence-corrected chi connectivity index (χ4v) is 3.85. The molecule has 150 valence electrons. The first-order chi connectivity index (χ1) is 13.0. The largest absolute Gasteiger partial charge is 0.493 e. The van der Waals surface area contributed by atoms with Crippen molar-refractivity contribution >= 4 is 37.7 Å². The lowest BCUT2D eigenvalue weighted by atomic mass is 10.2. The number of carbonyl (C=O) groups is 2. The van der Waals surface area contributed by atoms with Gasteiger partial charge in [-0.25, -0.2) is 18.0 Å². The van der Waals surface area contributed by atoms with Crippen LogP contribution in [-0.2, 0) is 19.4 Å². The highest BCUT2D eigenvalue weighted by molar-refractivity contribution is 9.10. The molecule has 9 heteroatoms. The minimum Gasteiger partial charge on any atom is -0.493 e. The van der Waals surface area contributed by atoms with Gasteiger partial charge < -0.3 is 14.2 Å². The molecule has 0 aliphatic heterocycles. The lowest BCUT2D eigenvalue weighted by molar-refractivity contribution is -0.136. The van der Waals surface area contributed by atoms with Gasteiger partial charge in [0.05, 0.1) is 24.7 Å². The van der Waals surface area contributed by atoms with Crippen LogP contribution in [-0.4, -0.2) is 39.3 Å². The van der Waals surface area contributed by atoms with Crippen LogP contribution in [0.2, 0.25) is 0 Å². The molecule has 2 aromatic rings. The molecule has 0 unspecified atom stereocenters. The monoisotopic (exact) mass is 470 g/mol. The summed E-state index contributed by atoms with van der Waals surface area (Å²) in [5, 5.41) is 0. The Morgan fingerprint density at radius 1 is 0.964 bits per heavy atom. The summed E-state index contributed by atoms with van der Waals surface area (Å²) < 4.78 is 39.8. The predicted molar refractivity (Wildman–Crippen MR) is 105 cm³/mol. The Balaban J connectivity index is 2.35. The van der Waals surface area contributed by atoms with E-state index in [1.54, 1.807) is 12.1 Å². The van der Waals surface area contributed by atoms with E-state index in [4.69, 9.17) is 9.47 Å². The van der Waals surface area contributed by atoms with Gasteiger partial charge in [0.15, 0.2) is 26.1 Å². The maximum Gasteiger partial charge on any atom is 0.337 e. The standard InChI is InChI=1S/C19H19BrO7S/c1-19(2,28(23,24)14-8-6-13(20)7-9-14)18(22)27-15-10-5-12(17(21)26-4)11-16(15)25-3/h5-11H,1-4H3. The van der Waals surface area contributed by atoms with Crippen LogP contribution in [0.4, 0.5) is 0 Å². The van der Waals surface area contributed by atoms with Gasteiger partial charge in [-0.15, -0.1) is 0 Å². The van der Waals surface area contributed by atoms with E-state index in [9.17, 15) is 18.0 Å². The molecule has 0 saturated carbocycles. The number of esters is 2. The topological polar surface area (TPSA) is 96.0 Å². The fraction of sp³-hybridized carbons (Fsp3) is 0.263. The molecule has 0 spiro atoms. The van der Waals surface area contributed by atoms with Gasteiger partial charge >= 0.3 is 11.9 Å². The summed E-state index contributed by atoms with van der Waals surface area (Å²) in [4.78, 5) is 24.3. The van der Waals surface area contributed by atoms with Gasteiger partial charge in [0.25, 0.3) is 0 Å². The average Bonchev–Trinajstić information content (AvgIpc) is 2.67. The number of methoxy groups -OCH3 is 2. The third kappa shape index (κ3) is 4.20. The second-order valence-corrected chi connectivity index (χ2v) is 9.63. The summed E-state index contributed by atoms with van der Waals surface area (Å²) in [5.41, 5.74) is 0.195. The molecule has 0 aromatic heterocycles. The van der Waals surface area contributed by atoms with Crippen LogP contribution in [0.25, 0.3) is 0 Å². The summed E-state index contributed by atoms with van der Waals surface area (Å²) in [5.74, 6) is -1.50. The Bertz CT molecular complexity index is 995. The van der Waals surface area contributed by atoms with E-state index in [1.807, 2.05) is 0 Å². The molecule has 0 fully saturated rings. The molecular weight excluding hydrogens is 452 g/mol.